The average molecular weight is 505 g/mol. The number of Topliss-reactive ketones (excluding diaryl/α,β-unsaturated/α-hetero) is 1. The van der Waals surface area contributed by atoms with Crippen LogP contribution in [0.4, 0.5) is 0 Å². The second-order valence-corrected chi connectivity index (χ2v) is 9.32. The minimum Gasteiger partial charge on any atom is -0.507 e. The molecule has 1 aliphatic heterocycles. The van der Waals surface area contributed by atoms with E-state index < -0.39 is 17.7 Å². The smallest absolute Gasteiger partial charge is 0.295 e. The first-order valence-electron chi connectivity index (χ1n) is 12.4. The number of amides is 1. The second kappa shape index (κ2) is 11.7. The number of hydrogen-bond donors (Lipinski definition) is 1. The molecule has 4 rings (SSSR count). The third-order valence-electron chi connectivity index (χ3n) is 6.32. The molecule has 0 saturated carbocycles. The molecular weight excluding hydrogens is 472 g/mol. The van der Waals surface area contributed by atoms with Gasteiger partial charge in [-0.2, -0.15) is 0 Å². The maximum Gasteiger partial charge on any atom is 0.295 e. The van der Waals surface area contributed by atoms with E-state index in [9.17, 15) is 14.7 Å². The minimum absolute atomic E-state index is 0.0364. The first-order chi connectivity index (χ1) is 17.9. The molecular formula is C28H32N4O5. The Morgan fingerprint density at radius 3 is 2.51 bits per heavy atom. The summed E-state index contributed by atoms with van der Waals surface area (Å²) >= 11 is 0. The van der Waals surface area contributed by atoms with Gasteiger partial charge < -0.3 is 24.0 Å². The summed E-state index contributed by atoms with van der Waals surface area (Å²) in [5, 5.41) is 11.2. The van der Waals surface area contributed by atoms with Gasteiger partial charge in [0.1, 0.15) is 5.76 Å². The molecule has 1 amide bonds. The maximum absolute atomic E-state index is 13.2. The van der Waals surface area contributed by atoms with E-state index in [1.54, 1.807) is 43.9 Å². The fraction of sp³-hybridized carbons (Fsp3) is 0.357. The number of carbonyl (C=O) groups excluding carboxylic acids is 2. The number of ether oxygens (including phenoxy) is 2. The van der Waals surface area contributed by atoms with E-state index in [-0.39, 0.29) is 11.3 Å². The first-order valence-corrected chi connectivity index (χ1v) is 12.4. The number of imidazole rings is 1. The number of benzene rings is 1. The van der Waals surface area contributed by atoms with Crippen LogP contribution in [0.15, 0.2) is 67.0 Å². The standard InChI is InChI=1S/C28H32N4O5/c1-19(2)9-16-37-22-6-5-21(17-23(22)36-3)25-24(26(33)20-7-10-29-11-8-20)27(34)28(35)32(25)14-4-13-31-15-12-30-18-31/h5-8,10-12,15,17-19,25,33H,4,9,13-14,16H2,1-3H3/b26-24+. The number of likely N-dealkylation sites (tertiary alicyclic amines) is 1. The van der Waals surface area contributed by atoms with E-state index in [0.717, 1.165) is 6.42 Å². The summed E-state index contributed by atoms with van der Waals surface area (Å²) in [5.41, 5.74) is 1.09. The molecule has 1 aromatic carbocycles. The van der Waals surface area contributed by atoms with Gasteiger partial charge in [-0.25, -0.2) is 4.98 Å². The van der Waals surface area contributed by atoms with Gasteiger partial charge in [-0.1, -0.05) is 19.9 Å². The Kier molecular flexibility index (Phi) is 8.22. The highest BCUT2D eigenvalue weighted by Gasteiger charge is 2.46. The van der Waals surface area contributed by atoms with Crippen LogP contribution >= 0.6 is 0 Å². The number of aryl methyl sites for hydroxylation is 1. The molecule has 2 aromatic heterocycles. The summed E-state index contributed by atoms with van der Waals surface area (Å²) in [4.78, 5) is 36.0. The van der Waals surface area contributed by atoms with Crippen LogP contribution in [0.1, 0.15) is 43.9 Å². The Bertz CT molecular complexity index is 1250. The highest BCUT2D eigenvalue weighted by atomic mass is 16.5. The summed E-state index contributed by atoms with van der Waals surface area (Å²) in [7, 11) is 1.55. The van der Waals surface area contributed by atoms with Gasteiger partial charge >= 0.3 is 0 Å². The van der Waals surface area contributed by atoms with Gasteiger partial charge in [-0.15, -0.1) is 0 Å². The van der Waals surface area contributed by atoms with Gasteiger partial charge in [-0.3, -0.25) is 14.6 Å². The molecule has 3 heterocycles. The Balaban J connectivity index is 1.71. The van der Waals surface area contributed by atoms with Gasteiger partial charge in [0.15, 0.2) is 11.5 Å². The fourth-order valence-corrected chi connectivity index (χ4v) is 4.34. The molecule has 1 unspecified atom stereocenters. The SMILES string of the molecule is COc1cc(C2/C(=C(\O)c3ccncc3)C(=O)C(=O)N2CCCn2ccnc2)ccc1OCCC(C)C. The molecule has 1 N–H and O–H groups in total. The molecule has 0 spiro atoms. The average Bonchev–Trinajstić information content (AvgIpc) is 3.51. The predicted molar refractivity (Wildman–Crippen MR) is 138 cm³/mol. The molecule has 1 fully saturated rings. The van der Waals surface area contributed by atoms with Gasteiger partial charge in [-0.05, 0) is 48.6 Å². The van der Waals surface area contributed by atoms with E-state index in [0.29, 0.717) is 54.7 Å². The molecule has 1 aliphatic rings. The zero-order valence-corrected chi connectivity index (χ0v) is 21.3. The van der Waals surface area contributed by atoms with Crippen LogP contribution in [0.3, 0.4) is 0 Å². The summed E-state index contributed by atoms with van der Waals surface area (Å²) in [6.07, 6.45) is 9.79. The van der Waals surface area contributed by atoms with Crippen molar-refractivity contribution in [1.82, 2.24) is 19.4 Å². The van der Waals surface area contributed by atoms with E-state index >= 15 is 0 Å². The van der Waals surface area contributed by atoms with Crippen molar-refractivity contribution in [3.05, 3.63) is 78.1 Å². The predicted octanol–water partition coefficient (Wildman–Crippen LogP) is 4.22. The van der Waals surface area contributed by atoms with Crippen molar-refractivity contribution in [3.63, 3.8) is 0 Å². The molecule has 3 aromatic rings. The number of nitrogens with zero attached hydrogens (tertiary/aromatic N) is 4. The zero-order chi connectivity index (χ0) is 26.4. The number of carbonyl (C=O) groups is 2. The monoisotopic (exact) mass is 504 g/mol. The van der Waals surface area contributed by atoms with Crippen LogP contribution in [0.5, 0.6) is 11.5 Å². The van der Waals surface area contributed by atoms with Crippen LogP contribution in [-0.2, 0) is 16.1 Å². The molecule has 1 atom stereocenters. The number of rotatable bonds is 11. The number of aliphatic hydroxyl groups is 1. The number of pyridine rings is 1. The minimum atomic E-state index is -0.783. The lowest BCUT2D eigenvalue weighted by atomic mass is 9.95. The number of hydrogen-bond acceptors (Lipinski definition) is 7. The summed E-state index contributed by atoms with van der Waals surface area (Å²) in [6.45, 7) is 5.74. The lowest BCUT2D eigenvalue weighted by Gasteiger charge is -2.26. The molecule has 194 valence electrons. The van der Waals surface area contributed by atoms with Gasteiger partial charge in [0, 0.05) is 43.4 Å². The van der Waals surface area contributed by atoms with Crippen LogP contribution in [0.25, 0.3) is 5.76 Å². The highest BCUT2D eigenvalue weighted by molar-refractivity contribution is 6.46. The molecule has 37 heavy (non-hydrogen) atoms. The van der Waals surface area contributed by atoms with E-state index in [2.05, 4.69) is 23.8 Å². The fourth-order valence-electron chi connectivity index (χ4n) is 4.34. The van der Waals surface area contributed by atoms with Crippen molar-refractivity contribution < 1.29 is 24.2 Å². The third-order valence-corrected chi connectivity index (χ3v) is 6.32. The van der Waals surface area contributed by atoms with Crippen LogP contribution in [0, 0.1) is 5.92 Å². The number of ketones is 1. The Labute approximate surface area is 216 Å². The van der Waals surface area contributed by atoms with Gasteiger partial charge in [0.2, 0.25) is 0 Å². The summed E-state index contributed by atoms with van der Waals surface area (Å²) in [5.74, 6) is -0.0347. The van der Waals surface area contributed by atoms with Crippen molar-refractivity contribution in [2.24, 2.45) is 5.92 Å². The van der Waals surface area contributed by atoms with Crippen molar-refractivity contribution in [2.45, 2.75) is 39.3 Å². The lowest BCUT2D eigenvalue weighted by Crippen LogP contribution is -2.31. The van der Waals surface area contributed by atoms with Crippen molar-refractivity contribution in [2.75, 3.05) is 20.3 Å². The van der Waals surface area contributed by atoms with E-state index in [1.807, 2.05) is 16.8 Å². The molecule has 9 nitrogen and oxygen atoms in total. The van der Waals surface area contributed by atoms with Crippen molar-refractivity contribution in [3.8, 4) is 11.5 Å². The maximum atomic E-state index is 13.2. The second-order valence-electron chi connectivity index (χ2n) is 9.32. The van der Waals surface area contributed by atoms with Crippen LogP contribution < -0.4 is 9.47 Å². The van der Waals surface area contributed by atoms with Crippen LogP contribution in [0.2, 0.25) is 0 Å². The van der Waals surface area contributed by atoms with Crippen molar-refractivity contribution in [1.29, 1.82) is 0 Å². The normalized spacial score (nSPS) is 17.0. The number of aliphatic hydroxyl groups excluding tert-OH is 1. The number of methoxy groups -OCH3 is 1. The number of aromatic nitrogens is 3. The van der Waals surface area contributed by atoms with Crippen LogP contribution in [-0.4, -0.2) is 56.5 Å². The largest absolute Gasteiger partial charge is 0.507 e. The van der Waals surface area contributed by atoms with Gasteiger partial charge in [0.05, 0.1) is 31.7 Å². The molecule has 0 radical (unpaired) electrons. The molecule has 9 heteroatoms. The highest BCUT2D eigenvalue weighted by Crippen LogP contribution is 2.42. The Morgan fingerprint density at radius 1 is 1.05 bits per heavy atom. The molecule has 1 saturated heterocycles. The quantitative estimate of drug-likeness (QED) is 0.237. The van der Waals surface area contributed by atoms with E-state index in [1.165, 1.54) is 17.3 Å². The van der Waals surface area contributed by atoms with E-state index in [4.69, 9.17) is 9.47 Å². The lowest BCUT2D eigenvalue weighted by molar-refractivity contribution is -0.139. The topological polar surface area (TPSA) is 107 Å². The summed E-state index contributed by atoms with van der Waals surface area (Å²) in [6, 6.07) is 7.79. The Hall–Kier alpha value is -4.14. The van der Waals surface area contributed by atoms with Gasteiger partial charge in [0.25, 0.3) is 11.7 Å². The zero-order valence-electron chi connectivity index (χ0n) is 21.3. The Morgan fingerprint density at radius 2 is 1.84 bits per heavy atom. The third kappa shape index (κ3) is 5.82. The van der Waals surface area contributed by atoms with Crippen molar-refractivity contribution >= 4 is 17.4 Å². The molecule has 0 aliphatic carbocycles. The summed E-state index contributed by atoms with van der Waals surface area (Å²) < 4.78 is 13.4. The first kappa shape index (κ1) is 25.9. The molecule has 0 bridgehead atoms.